The second-order valence-corrected chi connectivity index (χ2v) is 8.82. The highest BCUT2D eigenvalue weighted by atomic mass is 32.2. The summed E-state index contributed by atoms with van der Waals surface area (Å²) in [6, 6.07) is 11.1. The molecule has 30 heavy (non-hydrogen) atoms. The number of methoxy groups -OCH3 is 1. The zero-order chi connectivity index (χ0) is 22.1. The fourth-order valence-electron chi connectivity index (χ4n) is 3.02. The van der Waals surface area contributed by atoms with Crippen molar-refractivity contribution in [1.82, 2.24) is 10.6 Å². The monoisotopic (exact) mass is 433 g/mol. The Kier molecular flexibility index (Phi) is 8.53. The zero-order valence-electron chi connectivity index (χ0n) is 18.3. The third-order valence-electron chi connectivity index (χ3n) is 4.39. The molecule has 0 bridgehead atoms. The van der Waals surface area contributed by atoms with Gasteiger partial charge in [0.15, 0.2) is 27.3 Å². The molecule has 0 saturated heterocycles. The van der Waals surface area contributed by atoms with Crippen molar-refractivity contribution in [1.29, 1.82) is 0 Å². The van der Waals surface area contributed by atoms with Crippen LogP contribution in [0, 0.1) is 6.92 Å². The third kappa shape index (κ3) is 6.66. The van der Waals surface area contributed by atoms with Gasteiger partial charge < -0.3 is 20.1 Å². The molecular weight excluding hydrogens is 402 g/mol. The first-order valence-corrected chi connectivity index (χ1v) is 11.8. The predicted octanol–water partition coefficient (Wildman–Crippen LogP) is 3.06. The van der Waals surface area contributed by atoms with Gasteiger partial charge in [0.2, 0.25) is 0 Å². The van der Waals surface area contributed by atoms with Crippen molar-refractivity contribution in [3.05, 3.63) is 53.1 Å². The molecule has 0 unspecified atom stereocenters. The molecule has 0 atom stereocenters. The smallest absolute Gasteiger partial charge is 0.191 e. The van der Waals surface area contributed by atoms with E-state index in [0.29, 0.717) is 36.3 Å². The molecule has 0 saturated carbocycles. The lowest BCUT2D eigenvalue weighted by atomic mass is 10.1. The lowest BCUT2D eigenvalue weighted by Crippen LogP contribution is -2.36. The molecular formula is C22H31N3O4S. The summed E-state index contributed by atoms with van der Waals surface area (Å²) in [7, 11) is -1.60. The van der Waals surface area contributed by atoms with Gasteiger partial charge in [-0.3, -0.25) is 0 Å². The van der Waals surface area contributed by atoms with Gasteiger partial charge in [-0.25, -0.2) is 13.4 Å². The van der Waals surface area contributed by atoms with E-state index in [2.05, 4.69) is 15.6 Å². The van der Waals surface area contributed by atoms with E-state index in [-0.39, 0.29) is 0 Å². The summed E-state index contributed by atoms with van der Waals surface area (Å²) < 4.78 is 34.5. The van der Waals surface area contributed by atoms with Crippen LogP contribution in [0.15, 0.2) is 46.3 Å². The first-order chi connectivity index (χ1) is 14.3. The van der Waals surface area contributed by atoms with Crippen molar-refractivity contribution in [2.24, 2.45) is 4.99 Å². The van der Waals surface area contributed by atoms with Crippen molar-refractivity contribution in [2.75, 3.05) is 26.5 Å². The Morgan fingerprint density at radius 2 is 1.77 bits per heavy atom. The number of sulfone groups is 1. The number of nitrogens with one attached hydrogen (secondary N) is 2. The van der Waals surface area contributed by atoms with Crippen molar-refractivity contribution < 1.29 is 17.9 Å². The van der Waals surface area contributed by atoms with Gasteiger partial charge in [0.1, 0.15) is 0 Å². The van der Waals surface area contributed by atoms with Crippen LogP contribution in [-0.4, -0.2) is 40.9 Å². The summed E-state index contributed by atoms with van der Waals surface area (Å²) in [5.41, 5.74) is 2.71. The maximum absolute atomic E-state index is 11.8. The summed E-state index contributed by atoms with van der Waals surface area (Å²) in [6.07, 6.45) is 1.22. The van der Waals surface area contributed by atoms with Crippen LogP contribution in [-0.2, 0) is 22.9 Å². The van der Waals surface area contributed by atoms with Crippen molar-refractivity contribution in [3.8, 4) is 11.5 Å². The molecule has 0 aliphatic heterocycles. The fourth-order valence-corrected chi connectivity index (χ4v) is 3.98. The van der Waals surface area contributed by atoms with Crippen LogP contribution >= 0.6 is 0 Å². The average Bonchev–Trinajstić information content (AvgIpc) is 2.70. The molecule has 2 rings (SSSR count). The predicted molar refractivity (Wildman–Crippen MR) is 120 cm³/mol. The summed E-state index contributed by atoms with van der Waals surface area (Å²) >= 11 is 0. The van der Waals surface area contributed by atoms with E-state index in [0.717, 1.165) is 29.0 Å². The highest BCUT2D eigenvalue weighted by Gasteiger charge is 2.11. The maximum Gasteiger partial charge on any atom is 0.191 e. The minimum atomic E-state index is -3.22. The number of benzene rings is 2. The van der Waals surface area contributed by atoms with Gasteiger partial charge in [0.05, 0.1) is 25.2 Å². The Morgan fingerprint density at radius 3 is 2.37 bits per heavy atom. The Labute approximate surface area is 179 Å². The lowest BCUT2D eigenvalue weighted by Gasteiger charge is -2.14. The topological polar surface area (TPSA) is 89.0 Å². The van der Waals surface area contributed by atoms with Gasteiger partial charge in [0, 0.05) is 19.3 Å². The van der Waals surface area contributed by atoms with Gasteiger partial charge >= 0.3 is 0 Å². The van der Waals surface area contributed by atoms with E-state index in [1.165, 1.54) is 6.26 Å². The molecule has 7 nitrogen and oxygen atoms in total. The molecule has 0 fully saturated rings. The first kappa shape index (κ1) is 23.5. The van der Waals surface area contributed by atoms with Gasteiger partial charge in [-0.05, 0) is 55.7 Å². The van der Waals surface area contributed by atoms with E-state index in [1.54, 1.807) is 26.2 Å². The molecule has 0 spiro atoms. The highest BCUT2D eigenvalue weighted by molar-refractivity contribution is 7.90. The number of guanidine groups is 1. The molecule has 0 amide bonds. The Morgan fingerprint density at radius 1 is 1.03 bits per heavy atom. The minimum absolute atomic E-state index is 0.352. The molecule has 0 radical (unpaired) electrons. The van der Waals surface area contributed by atoms with Crippen LogP contribution in [0.5, 0.6) is 11.5 Å². The fraction of sp³-hybridized carbons (Fsp3) is 0.409. The normalized spacial score (nSPS) is 11.8. The third-order valence-corrected chi connectivity index (χ3v) is 5.65. The SMILES string of the molecule is CCNC(=NCc1ccc(S(C)(=O)=O)c(C)c1)NCc1ccc(OCC)c(OC)c1. The average molecular weight is 434 g/mol. The summed E-state index contributed by atoms with van der Waals surface area (Å²) in [5.74, 6) is 2.09. The quantitative estimate of drug-likeness (QED) is 0.467. The number of ether oxygens (including phenoxy) is 2. The molecule has 0 aromatic heterocycles. The van der Waals surface area contributed by atoms with E-state index < -0.39 is 9.84 Å². The standard InChI is InChI=1S/C22H31N3O4S/c1-6-23-22(24-14-17-9-11-21(16(3)12-17)30(5,26)27)25-15-18-8-10-19(29-7-2)20(13-18)28-4/h8-13H,6-7,14-15H2,1-5H3,(H2,23,24,25). The molecule has 2 aromatic carbocycles. The van der Waals surface area contributed by atoms with Crippen LogP contribution in [0.4, 0.5) is 0 Å². The number of nitrogens with zero attached hydrogens (tertiary/aromatic N) is 1. The number of rotatable bonds is 9. The van der Waals surface area contributed by atoms with Gasteiger partial charge in [-0.1, -0.05) is 18.2 Å². The van der Waals surface area contributed by atoms with Crippen LogP contribution < -0.4 is 20.1 Å². The highest BCUT2D eigenvalue weighted by Crippen LogP contribution is 2.28. The van der Waals surface area contributed by atoms with E-state index >= 15 is 0 Å². The minimum Gasteiger partial charge on any atom is -0.493 e. The Hall–Kier alpha value is -2.74. The Bertz CT molecular complexity index is 988. The van der Waals surface area contributed by atoms with Crippen LogP contribution in [0.2, 0.25) is 0 Å². The molecule has 2 N–H and O–H groups in total. The maximum atomic E-state index is 11.8. The van der Waals surface area contributed by atoms with Crippen LogP contribution in [0.25, 0.3) is 0 Å². The van der Waals surface area contributed by atoms with E-state index in [4.69, 9.17) is 9.47 Å². The summed E-state index contributed by atoms with van der Waals surface area (Å²) in [6.45, 7) is 8.05. The number of hydrogen-bond acceptors (Lipinski definition) is 5. The van der Waals surface area contributed by atoms with Gasteiger partial charge in [-0.15, -0.1) is 0 Å². The van der Waals surface area contributed by atoms with Crippen LogP contribution in [0.1, 0.15) is 30.5 Å². The largest absolute Gasteiger partial charge is 0.493 e. The van der Waals surface area contributed by atoms with Crippen molar-refractivity contribution >= 4 is 15.8 Å². The number of aliphatic imine (C=N–C) groups is 1. The second kappa shape index (κ2) is 10.9. The molecule has 8 heteroatoms. The summed E-state index contributed by atoms with van der Waals surface area (Å²) in [4.78, 5) is 4.96. The second-order valence-electron chi connectivity index (χ2n) is 6.84. The molecule has 2 aromatic rings. The summed E-state index contributed by atoms with van der Waals surface area (Å²) in [5, 5.41) is 6.53. The van der Waals surface area contributed by atoms with E-state index in [9.17, 15) is 8.42 Å². The van der Waals surface area contributed by atoms with Gasteiger partial charge in [-0.2, -0.15) is 0 Å². The molecule has 0 heterocycles. The molecule has 164 valence electrons. The lowest BCUT2D eigenvalue weighted by molar-refractivity contribution is 0.310. The molecule has 0 aliphatic rings. The van der Waals surface area contributed by atoms with Crippen LogP contribution in [0.3, 0.4) is 0 Å². The Balaban J connectivity index is 2.09. The van der Waals surface area contributed by atoms with Crippen molar-refractivity contribution in [2.45, 2.75) is 38.8 Å². The van der Waals surface area contributed by atoms with Gasteiger partial charge in [0.25, 0.3) is 0 Å². The zero-order valence-corrected chi connectivity index (χ0v) is 19.1. The van der Waals surface area contributed by atoms with Crippen molar-refractivity contribution in [3.63, 3.8) is 0 Å². The number of hydrogen-bond donors (Lipinski definition) is 2. The number of aryl methyl sites for hydroxylation is 1. The molecule has 0 aliphatic carbocycles. The first-order valence-electron chi connectivity index (χ1n) is 9.90. The van der Waals surface area contributed by atoms with E-state index in [1.807, 2.05) is 38.1 Å².